The smallest absolute Gasteiger partial charge is 0.322 e. The van der Waals surface area contributed by atoms with Crippen LogP contribution in [0.2, 0.25) is 0 Å². The van der Waals surface area contributed by atoms with Gasteiger partial charge in [0.2, 0.25) is 0 Å². The first-order valence-electron chi connectivity index (χ1n) is 7.24. The zero-order chi connectivity index (χ0) is 17.3. The van der Waals surface area contributed by atoms with E-state index in [9.17, 15) is 14.0 Å². The molecule has 0 saturated carbocycles. The molecule has 1 aliphatic heterocycles. The highest BCUT2D eigenvalue weighted by atomic mass is 19.1. The van der Waals surface area contributed by atoms with Crippen LogP contribution in [0.3, 0.4) is 0 Å². The van der Waals surface area contributed by atoms with E-state index in [1.165, 1.54) is 27.9 Å². The summed E-state index contributed by atoms with van der Waals surface area (Å²) in [5, 5.41) is 6.54. The summed E-state index contributed by atoms with van der Waals surface area (Å²) < 4.78 is 20.1. The van der Waals surface area contributed by atoms with Crippen LogP contribution < -0.4 is 15.8 Å². The van der Waals surface area contributed by atoms with Crippen LogP contribution in [-0.4, -0.2) is 39.8 Å². The maximum absolute atomic E-state index is 13.3. The van der Waals surface area contributed by atoms with Gasteiger partial charge in [0.05, 0.1) is 18.8 Å². The van der Waals surface area contributed by atoms with Crippen molar-refractivity contribution in [2.75, 3.05) is 18.5 Å². The number of halogens is 1. The van der Waals surface area contributed by atoms with Crippen LogP contribution in [0.1, 0.15) is 16.1 Å². The number of hydrogen-bond acceptors (Lipinski definition) is 4. The van der Waals surface area contributed by atoms with E-state index in [0.29, 0.717) is 17.9 Å². The summed E-state index contributed by atoms with van der Waals surface area (Å²) in [7, 11) is 1.62. The van der Waals surface area contributed by atoms with Crippen LogP contribution in [-0.2, 0) is 13.6 Å². The van der Waals surface area contributed by atoms with Gasteiger partial charge < -0.3 is 20.7 Å². The highest BCUT2D eigenvalue weighted by Gasteiger charge is 2.22. The first-order valence-corrected chi connectivity index (χ1v) is 7.24. The van der Waals surface area contributed by atoms with E-state index >= 15 is 0 Å². The first kappa shape index (κ1) is 15.8. The molecular weight excluding hydrogens is 317 g/mol. The minimum Gasteiger partial charge on any atom is -0.491 e. The number of amides is 3. The van der Waals surface area contributed by atoms with Gasteiger partial charge in [-0.3, -0.25) is 9.48 Å². The summed E-state index contributed by atoms with van der Waals surface area (Å²) in [5.41, 5.74) is 6.17. The monoisotopic (exact) mass is 333 g/mol. The summed E-state index contributed by atoms with van der Waals surface area (Å²) in [6.07, 6.45) is 1.50. The molecule has 0 saturated heterocycles. The molecule has 0 spiro atoms. The van der Waals surface area contributed by atoms with Gasteiger partial charge in [-0.25, -0.2) is 9.18 Å². The van der Waals surface area contributed by atoms with E-state index in [1.54, 1.807) is 13.1 Å². The normalized spacial score (nSPS) is 13.7. The number of hydrogen-bond donors (Lipinski definition) is 2. The standard InChI is InChI=1S/C15H16FN5O3/c1-20-8-11(13(19-20)14(17)22)18-15(23)21-4-5-24-12-6-10(16)3-2-9(12)7-21/h2-3,6,8H,4-5,7H2,1H3,(H2,17,22)(H,18,23). The number of benzene rings is 1. The molecule has 3 N–H and O–H groups in total. The SMILES string of the molecule is Cn1cc(NC(=O)N2CCOc3cc(F)ccc3C2)c(C(N)=O)n1. The number of ether oxygens (including phenoxy) is 1. The lowest BCUT2D eigenvalue weighted by atomic mass is 10.2. The highest BCUT2D eigenvalue weighted by molar-refractivity contribution is 6.01. The van der Waals surface area contributed by atoms with E-state index in [-0.39, 0.29) is 24.5 Å². The zero-order valence-electron chi connectivity index (χ0n) is 13.0. The average molecular weight is 333 g/mol. The number of fused-ring (bicyclic) bond motifs is 1. The Hall–Kier alpha value is -3.10. The third-order valence-electron chi connectivity index (χ3n) is 3.60. The molecule has 1 aromatic heterocycles. The molecule has 0 atom stereocenters. The number of aromatic nitrogens is 2. The van der Waals surface area contributed by atoms with Crippen molar-refractivity contribution >= 4 is 17.6 Å². The summed E-state index contributed by atoms with van der Waals surface area (Å²) >= 11 is 0. The number of carbonyl (C=O) groups excluding carboxylic acids is 2. The fourth-order valence-electron chi connectivity index (χ4n) is 2.47. The molecule has 8 nitrogen and oxygen atoms in total. The third-order valence-corrected chi connectivity index (χ3v) is 3.60. The van der Waals surface area contributed by atoms with Gasteiger partial charge in [0.25, 0.3) is 5.91 Å². The Morgan fingerprint density at radius 2 is 2.21 bits per heavy atom. The van der Waals surface area contributed by atoms with Gasteiger partial charge in [-0.2, -0.15) is 5.10 Å². The van der Waals surface area contributed by atoms with E-state index in [2.05, 4.69) is 10.4 Å². The van der Waals surface area contributed by atoms with Crippen molar-refractivity contribution in [2.45, 2.75) is 6.54 Å². The second-order valence-corrected chi connectivity index (χ2v) is 5.38. The van der Waals surface area contributed by atoms with Crippen molar-refractivity contribution in [3.05, 3.63) is 41.5 Å². The lowest BCUT2D eigenvalue weighted by Gasteiger charge is -2.20. The Bertz CT molecular complexity index is 804. The number of urea groups is 1. The molecule has 1 aliphatic rings. The minimum atomic E-state index is -0.731. The van der Waals surface area contributed by atoms with Crippen LogP contribution in [0.15, 0.2) is 24.4 Å². The molecule has 3 amide bonds. The maximum atomic E-state index is 13.3. The van der Waals surface area contributed by atoms with Gasteiger partial charge in [0.15, 0.2) is 5.69 Å². The van der Waals surface area contributed by atoms with Crippen LogP contribution >= 0.6 is 0 Å². The van der Waals surface area contributed by atoms with Crippen molar-refractivity contribution in [2.24, 2.45) is 12.8 Å². The quantitative estimate of drug-likeness (QED) is 0.858. The molecular formula is C15H16FN5O3. The van der Waals surface area contributed by atoms with Gasteiger partial charge in [-0.1, -0.05) is 6.07 Å². The number of aryl methyl sites for hydroxylation is 1. The van der Waals surface area contributed by atoms with Crippen molar-refractivity contribution in [1.82, 2.24) is 14.7 Å². The van der Waals surface area contributed by atoms with Crippen molar-refractivity contribution < 1.29 is 18.7 Å². The molecule has 1 aromatic carbocycles. The molecule has 24 heavy (non-hydrogen) atoms. The van der Waals surface area contributed by atoms with Crippen LogP contribution in [0.4, 0.5) is 14.9 Å². The topological polar surface area (TPSA) is 102 Å². The number of rotatable bonds is 2. The maximum Gasteiger partial charge on any atom is 0.322 e. The van der Waals surface area contributed by atoms with E-state index in [4.69, 9.17) is 10.5 Å². The Morgan fingerprint density at radius 1 is 1.42 bits per heavy atom. The zero-order valence-corrected chi connectivity index (χ0v) is 13.0. The predicted molar refractivity (Wildman–Crippen MR) is 83.0 cm³/mol. The lowest BCUT2D eigenvalue weighted by molar-refractivity contribution is 0.0995. The fraction of sp³-hybridized carbons (Fsp3) is 0.267. The molecule has 0 unspecified atom stereocenters. The minimum absolute atomic E-state index is 0.0145. The van der Waals surface area contributed by atoms with E-state index in [0.717, 1.165) is 0 Å². The lowest BCUT2D eigenvalue weighted by Crippen LogP contribution is -2.36. The first-order chi connectivity index (χ1) is 11.4. The molecule has 2 aromatic rings. The second-order valence-electron chi connectivity index (χ2n) is 5.38. The third kappa shape index (κ3) is 3.14. The highest BCUT2D eigenvalue weighted by Crippen LogP contribution is 2.24. The molecule has 3 rings (SSSR count). The average Bonchev–Trinajstić information content (AvgIpc) is 2.76. The molecule has 126 valence electrons. The van der Waals surface area contributed by atoms with Gasteiger partial charge >= 0.3 is 6.03 Å². The molecule has 0 aliphatic carbocycles. The number of primary amides is 1. The molecule has 0 radical (unpaired) electrons. The summed E-state index contributed by atoms with van der Waals surface area (Å²) in [6.45, 7) is 0.807. The molecule has 0 fully saturated rings. The largest absolute Gasteiger partial charge is 0.491 e. The number of nitrogens with one attached hydrogen (secondary N) is 1. The van der Waals surface area contributed by atoms with Crippen LogP contribution in [0.5, 0.6) is 5.75 Å². The van der Waals surface area contributed by atoms with Crippen LogP contribution in [0.25, 0.3) is 0 Å². The Labute approximate surface area is 137 Å². The van der Waals surface area contributed by atoms with Gasteiger partial charge in [0.1, 0.15) is 18.2 Å². The van der Waals surface area contributed by atoms with Gasteiger partial charge in [-0.05, 0) is 6.07 Å². The van der Waals surface area contributed by atoms with E-state index < -0.39 is 17.8 Å². The molecule has 0 bridgehead atoms. The van der Waals surface area contributed by atoms with E-state index in [1.807, 2.05) is 0 Å². The summed E-state index contributed by atoms with van der Waals surface area (Å²) in [6, 6.07) is 3.76. The Kier molecular flexibility index (Phi) is 4.07. The number of carbonyl (C=O) groups is 2. The summed E-state index contributed by atoms with van der Waals surface area (Å²) in [4.78, 5) is 25.3. The van der Waals surface area contributed by atoms with Crippen molar-refractivity contribution in [3.63, 3.8) is 0 Å². The number of nitrogens with two attached hydrogens (primary N) is 1. The Morgan fingerprint density at radius 3 is 2.96 bits per heavy atom. The Balaban J connectivity index is 1.78. The fourth-order valence-corrected chi connectivity index (χ4v) is 2.47. The number of nitrogens with zero attached hydrogens (tertiary/aromatic N) is 3. The van der Waals surface area contributed by atoms with Crippen molar-refractivity contribution in [3.8, 4) is 5.75 Å². The molecule has 2 heterocycles. The summed E-state index contributed by atoms with van der Waals surface area (Å²) in [5.74, 6) is -0.705. The number of anilines is 1. The predicted octanol–water partition coefficient (Wildman–Crippen LogP) is 1.08. The molecule has 9 heteroatoms. The van der Waals surface area contributed by atoms with Crippen LogP contribution in [0, 0.1) is 5.82 Å². The second kappa shape index (κ2) is 6.19. The van der Waals surface area contributed by atoms with Gasteiger partial charge in [0, 0.05) is 24.9 Å². The van der Waals surface area contributed by atoms with Gasteiger partial charge in [-0.15, -0.1) is 0 Å². The van der Waals surface area contributed by atoms with Crippen molar-refractivity contribution in [1.29, 1.82) is 0 Å².